The lowest BCUT2D eigenvalue weighted by molar-refractivity contribution is -0.122. The van der Waals surface area contributed by atoms with Crippen LogP contribution in [0.3, 0.4) is 0 Å². The van der Waals surface area contributed by atoms with E-state index in [9.17, 15) is 19.5 Å². The molecule has 0 spiro atoms. The van der Waals surface area contributed by atoms with E-state index in [0.717, 1.165) is 22.0 Å². The molecule has 0 unspecified atom stereocenters. The van der Waals surface area contributed by atoms with E-state index in [1.54, 1.807) is 24.3 Å². The van der Waals surface area contributed by atoms with Gasteiger partial charge in [-0.05, 0) is 68.0 Å². The Bertz CT molecular complexity index is 1190. The van der Waals surface area contributed by atoms with E-state index in [2.05, 4.69) is 10.3 Å². The summed E-state index contributed by atoms with van der Waals surface area (Å²) in [5.74, 6) is -1.29. The van der Waals surface area contributed by atoms with Crippen molar-refractivity contribution >= 4 is 29.6 Å². The molecule has 4 rings (SSSR count). The maximum Gasteiger partial charge on any atom is 0.335 e. The zero-order valence-corrected chi connectivity index (χ0v) is 16.3. The maximum absolute atomic E-state index is 13.0. The number of carbonyl (C=O) groups is 3. The van der Waals surface area contributed by atoms with Crippen LogP contribution >= 0.6 is 0 Å². The molecule has 1 saturated heterocycles. The number of imide groups is 2. The van der Waals surface area contributed by atoms with Gasteiger partial charge < -0.3 is 9.67 Å². The number of aromatic nitrogens is 2. The summed E-state index contributed by atoms with van der Waals surface area (Å²) in [6, 6.07) is 10.8. The van der Waals surface area contributed by atoms with E-state index in [1.807, 2.05) is 24.5 Å². The highest BCUT2D eigenvalue weighted by atomic mass is 16.3. The van der Waals surface area contributed by atoms with E-state index in [0.29, 0.717) is 11.3 Å². The number of hydrogen-bond acceptors (Lipinski definition) is 5. The van der Waals surface area contributed by atoms with Crippen LogP contribution in [0.5, 0.6) is 5.75 Å². The van der Waals surface area contributed by atoms with Gasteiger partial charge in [-0.25, -0.2) is 9.69 Å². The van der Waals surface area contributed by atoms with Crippen molar-refractivity contribution in [3.63, 3.8) is 0 Å². The first-order chi connectivity index (χ1) is 14.4. The normalized spacial score (nSPS) is 15.6. The largest absolute Gasteiger partial charge is 0.508 e. The minimum atomic E-state index is -0.803. The van der Waals surface area contributed by atoms with Crippen LogP contribution in [0.1, 0.15) is 17.0 Å². The number of barbiturate groups is 1. The van der Waals surface area contributed by atoms with Crippen LogP contribution in [-0.2, 0) is 9.59 Å². The van der Waals surface area contributed by atoms with Gasteiger partial charge in [-0.3, -0.25) is 19.9 Å². The third-order valence-electron chi connectivity index (χ3n) is 4.90. The number of aromatic hydroxyl groups is 1. The summed E-state index contributed by atoms with van der Waals surface area (Å²) >= 11 is 0. The molecule has 150 valence electrons. The summed E-state index contributed by atoms with van der Waals surface area (Å²) in [5.41, 5.74) is 3.37. The molecular weight excluding hydrogens is 384 g/mol. The number of amides is 4. The molecule has 1 fully saturated rings. The zero-order chi connectivity index (χ0) is 21.4. The topological polar surface area (TPSA) is 105 Å². The van der Waals surface area contributed by atoms with E-state index >= 15 is 0 Å². The van der Waals surface area contributed by atoms with Gasteiger partial charge in [-0.1, -0.05) is 0 Å². The van der Waals surface area contributed by atoms with E-state index in [1.165, 1.54) is 30.6 Å². The molecule has 0 saturated carbocycles. The van der Waals surface area contributed by atoms with Crippen molar-refractivity contribution in [3.8, 4) is 11.4 Å². The summed E-state index contributed by atoms with van der Waals surface area (Å²) in [5, 5.41) is 11.7. The number of nitrogens with zero attached hydrogens (tertiary/aromatic N) is 3. The van der Waals surface area contributed by atoms with Crippen LogP contribution in [0.15, 0.2) is 60.4 Å². The van der Waals surface area contributed by atoms with Crippen LogP contribution in [0.25, 0.3) is 11.8 Å². The number of anilines is 1. The molecule has 2 N–H and O–H groups in total. The van der Waals surface area contributed by atoms with E-state index in [4.69, 9.17) is 0 Å². The van der Waals surface area contributed by atoms with Gasteiger partial charge >= 0.3 is 6.03 Å². The smallest absolute Gasteiger partial charge is 0.335 e. The minimum Gasteiger partial charge on any atom is -0.508 e. The first-order valence-electron chi connectivity index (χ1n) is 9.16. The lowest BCUT2D eigenvalue weighted by atomic mass is 10.1. The lowest BCUT2D eigenvalue weighted by Gasteiger charge is -2.26. The van der Waals surface area contributed by atoms with E-state index < -0.39 is 17.8 Å². The summed E-state index contributed by atoms with van der Waals surface area (Å²) in [4.78, 5) is 42.4. The van der Waals surface area contributed by atoms with Crippen LogP contribution < -0.4 is 10.2 Å². The third kappa shape index (κ3) is 3.24. The predicted octanol–water partition coefficient (Wildman–Crippen LogP) is 2.86. The molecule has 0 radical (unpaired) electrons. The van der Waals surface area contributed by atoms with Crippen molar-refractivity contribution < 1.29 is 19.5 Å². The van der Waals surface area contributed by atoms with Gasteiger partial charge in [-0.2, -0.15) is 0 Å². The second kappa shape index (κ2) is 7.32. The summed E-state index contributed by atoms with van der Waals surface area (Å²) in [6.07, 6.45) is 4.40. The Balaban J connectivity index is 1.76. The van der Waals surface area contributed by atoms with Gasteiger partial charge in [0, 0.05) is 29.5 Å². The fourth-order valence-corrected chi connectivity index (χ4v) is 3.47. The number of urea groups is 1. The number of benzene rings is 1. The molecule has 1 aliphatic rings. The first kappa shape index (κ1) is 19.1. The van der Waals surface area contributed by atoms with Crippen LogP contribution in [0.4, 0.5) is 10.5 Å². The number of carbonyl (C=O) groups excluding carboxylic acids is 3. The standard InChI is InChI=1S/C22H18N4O4/c1-13-11-15(14(2)25(13)16-3-5-18(27)6-4-16)12-19-20(28)24-22(30)26(21(19)29)17-7-9-23-10-8-17/h3-12,27H,1-2H3,(H,24,28,30)/b19-12+. The summed E-state index contributed by atoms with van der Waals surface area (Å²) < 4.78 is 1.95. The molecule has 3 heterocycles. The number of rotatable bonds is 3. The number of hydrogen-bond donors (Lipinski definition) is 2. The number of pyridine rings is 1. The fourth-order valence-electron chi connectivity index (χ4n) is 3.47. The average Bonchev–Trinajstić information content (AvgIpc) is 3.00. The number of phenolic OH excluding ortho intramolecular Hbond substituents is 1. The molecule has 1 aromatic carbocycles. The van der Waals surface area contributed by atoms with Gasteiger partial charge in [0.05, 0.1) is 5.69 Å². The van der Waals surface area contributed by atoms with Gasteiger partial charge in [0.15, 0.2) is 0 Å². The molecule has 30 heavy (non-hydrogen) atoms. The molecule has 4 amide bonds. The van der Waals surface area contributed by atoms with Crippen LogP contribution in [-0.4, -0.2) is 32.5 Å². The number of aryl methyl sites for hydroxylation is 1. The zero-order valence-electron chi connectivity index (χ0n) is 16.3. The summed E-state index contributed by atoms with van der Waals surface area (Å²) in [7, 11) is 0. The second-order valence-electron chi connectivity index (χ2n) is 6.84. The SMILES string of the molecule is Cc1cc(/C=C2\C(=O)NC(=O)N(c3ccncc3)C2=O)c(C)n1-c1ccc(O)cc1. The number of nitrogens with one attached hydrogen (secondary N) is 1. The summed E-state index contributed by atoms with van der Waals surface area (Å²) in [6.45, 7) is 3.76. The van der Waals surface area contributed by atoms with Crippen molar-refractivity contribution in [2.24, 2.45) is 0 Å². The molecule has 0 atom stereocenters. The Morgan fingerprint density at radius 1 is 0.967 bits per heavy atom. The van der Waals surface area contributed by atoms with Crippen molar-refractivity contribution in [1.82, 2.24) is 14.9 Å². The Hall–Kier alpha value is -4.20. The molecule has 8 nitrogen and oxygen atoms in total. The highest BCUT2D eigenvalue weighted by molar-refractivity contribution is 6.39. The van der Waals surface area contributed by atoms with Crippen molar-refractivity contribution in [3.05, 3.63) is 77.4 Å². The van der Waals surface area contributed by atoms with Gasteiger partial charge in [0.2, 0.25) is 0 Å². The monoisotopic (exact) mass is 402 g/mol. The highest BCUT2D eigenvalue weighted by Crippen LogP contribution is 2.26. The molecule has 8 heteroatoms. The Labute approximate surface area is 172 Å². The Morgan fingerprint density at radius 2 is 1.63 bits per heavy atom. The van der Waals surface area contributed by atoms with Crippen molar-refractivity contribution in [2.45, 2.75) is 13.8 Å². The molecule has 0 bridgehead atoms. The van der Waals surface area contributed by atoms with Gasteiger partial charge in [0.25, 0.3) is 11.8 Å². The van der Waals surface area contributed by atoms with Crippen molar-refractivity contribution in [2.75, 3.05) is 4.90 Å². The Morgan fingerprint density at radius 3 is 2.30 bits per heavy atom. The molecule has 0 aliphatic carbocycles. The molecule has 3 aromatic rings. The minimum absolute atomic E-state index is 0.141. The van der Waals surface area contributed by atoms with Gasteiger partial charge in [-0.15, -0.1) is 0 Å². The Kier molecular flexibility index (Phi) is 4.67. The molecular formula is C22H18N4O4. The third-order valence-corrected chi connectivity index (χ3v) is 4.90. The average molecular weight is 402 g/mol. The highest BCUT2D eigenvalue weighted by Gasteiger charge is 2.37. The first-order valence-corrected chi connectivity index (χ1v) is 9.16. The fraction of sp³-hybridized carbons (Fsp3) is 0.0909. The van der Waals surface area contributed by atoms with Crippen LogP contribution in [0.2, 0.25) is 0 Å². The van der Waals surface area contributed by atoms with Gasteiger partial charge in [0.1, 0.15) is 11.3 Å². The van der Waals surface area contributed by atoms with E-state index in [-0.39, 0.29) is 11.3 Å². The van der Waals surface area contributed by atoms with Crippen LogP contribution in [0, 0.1) is 13.8 Å². The quantitative estimate of drug-likeness (QED) is 0.518. The van der Waals surface area contributed by atoms with Crippen molar-refractivity contribution in [1.29, 1.82) is 0 Å². The number of phenols is 1. The predicted molar refractivity (Wildman–Crippen MR) is 110 cm³/mol. The molecule has 1 aliphatic heterocycles. The molecule has 2 aromatic heterocycles. The second-order valence-corrected chi connectivity index (χ2v) is 6.84. The lowest BCUT2D eigenvalue weighted by Crippen LogP contribution is -2.54. The maximum atomic E-state index is 13.0.